The van der Waals surface area contributed by atoms with Crippen LogP contribution in [0.3, 0.4) is 0 Å². The second kappa shape index (κ2) is 5.81. The van der Waals surface area contributed by atoms with Gasteiger partial charge in [-0.1, -0.05) is 31.2 Å². The van der Waals surface area contributed by atoms with E-state index in [0.29, 0.717) is 17.6 Å². The van der Waals surface area contributed by atoms with Crippen LogP contribution in [-0.4, -0.2) is 29.6 Å². The SMILES string of the molecule is C[Si](C)(C)CCOCn1nc(CO)cc1Cl. The third kappa shape index (κ3) is 4.65. The second-order valence-electron chi connectivity index (χ2n) is 4.96. The van der Waals surface area contributed by atoms with Gasteiger partial charge >= 0.3 is 0 Å². The number of aliphatic hydroxyl groups excluding tert-OH is 1. The third-order valence-electron chi connectivity index (χ3n) is 2.15. The Morgan fingerprint density at radius 3 is 2.69 bits per heavy atom. The Balaban J connectivity index is 2.34. The summed E-state index contributed by atoms with van der Waals surface area (Å²) in [5.74, 6) is 0. The Hall–Kier alpha value is -0.363. The Bertz CT molecular complexity index is 336. The molecule has 0 fully saturated rings. The summed E-state index contributed by atoms with van der Waals surface area (Å²) < 4.78 is 7.06. The van der Waals surface area contributed by atoms with Crippen molar-refractivity contribution in [3.8, 4) is 0 Å². The van der Waals surface area contributed by atoms with Gasteiger partial charge < -0.3 is 9.84 Å². The topological polar surface area (TPSA) is 47.3 Å². The van der Waals surface area contributed by atoms with E-state index < -0.39 is 8.07 Å². The highest BCUT2D eigenvalue weighted by Gasteiger charge is 2.12. The number of hydrogen-bond acceptors (Lipinski definition) is 3. The normalized spacial score (nSPS) is 12.1. The van der Waals surface area contributed by atoms with Gasteiger partial charge in [-0.05, 0) is 6.04 Å². The molecule has 1 aromatic heterocycles. The van der Waals surface area contributed by atoms with E-state index in [1.54, 1.807) is 10.7 Å². The zero-order valence-electron chi connectivity index (χ0n) is 10.0. The van der Waals surface area contributed by atoms with E-state index >= 15 is 0 Å². The molecule has 0 aliphatic heterocycles. The molecule has 0 aliphatic rings. The molecule has 92 valence electrons. The fourth-order valence-electron chi connectivity index (χ4n) is 1.14. The van der Waals surface area contributed by atoms with Crippen LogP contribution in [0.4, 0.5) is 0 Å². The summed E-state index contributed by atoms with van der Waals surface area (Å²) in [7, 11) is -1.04. The van der Waals surface area contributed by atoms with Crippen molar-refractivity contribution < 1.29 is 9.84 Å². The van der Waals surface area contributed by atoms with Crippen molar-refractivity contribution in [2.45, 2.75) is 39.0 Å². The first-order chi connectivity index (χ1) is 7.42. The molecule has 0 radical (unpaired) electrons. The maximum atomic E-state index is 8.88. The molecule has 0 saturated heterocycles. The summed E-state index contributed by atoms with van der Waals surface area (Å²) in [5.41, 5.74) is 0.568. The van der Waals surface area contributed by atoms with Gasteiger partial charge in [-0.3, -0.25) is 0 Å². The van der Waals surface area contributed by atoms with Crippen LogP contribution in [-0.2, 0) is 18.1 Å². The van der Waals surface area contributed by atoms with Crippen molar-refractivity contribution >= 4 is 19.7 Å². The van der Waals surface area contributed by atoms with Gasteiger partial charge in [-0.2, -0.15) is 5.10 Å². The molecule has 0 unspecified atom stereocenters. The van der Waals surface area contributed by atoms with Gasteiger partial charge in [-0.15, -0.1) is 0 Å². The van der Waals surface area contributed by atoms with Crippen molar-refractivity contribution in [2.75, 3.05) is 6.61 Å². The zero-order valence-corrected chi connectivity index (χ0v) is 11.8. The van der Waals surface area contributed by atoms with E-state index in [-0.39, 0.29) is 6.61 Å². The standard InChI is InChI=1S/C10H19ClN2O2Si/c1-16(2,3)5-4-15-8-13-10(11)6-9(7-14)12-13/h6,14H,4-5,7-8H2,1-3H3. The van der Waals surface area contributed by atoms with Crippen molar-refractivity contribution in [3.63, 3.8) is 0 Å². The molecule has 0 spiro atoms. The van der Waals surface area contributed by atoms with Crippen molar-refractivity contribution in [3.05, 3.63) is 16.9 Å². The molecule has 4 nitrogen and oxygen atoms in total. The van der Waals surface area contributed by atoms with E-state index in [0.717, 1.165) is 12.7 Å². The lowest BCUT2D eigenvalue weighted by molar-refractivity contribution is 0.0781. The van der Waals surface area contributed by atoms with Gasteiger partial charge in [-0.25, -0.2) is 4.68 Å². The zero-order chi connectivity index (χ0) is 12.2. The highest BCUT2D eigenvalue weighted by molar-refractivity contribution is 6.76. The summed E-state index contributed by atoms with van der Waals surface area (Å²) in [6, 6.07) is 2.77. The predicted octanol–water partition coefficient (Wildman–Crippen LogP) is 2.34. The monoisotopic (exact) mass is 262 g/mol. The largest absolute Gasteiger partial charge is 0.390 e. The van der Waals surface area contributed by atoms with Crippen LogP contribution in [0.15, 0.2) is 6.07 Å². The first kappa shape index (κ1) is 13.7. The number of ether oxygens (including phenoxy) is 1. The van der Waals surface area contributed by atoms with Crippen LogP contribution in [0.5, 0.6) is 0 Å². The summed E-state index contributed by atoms with van der Waals surface area (Å²) in [4.78, 5) is 0. The average Bonchev–Trinajstić information content (AvgIpc) is 2.53. The predicted molar refractivity (Wildman–Crippen MR) is 67.3 cm³/mol. The maximum absolute atomic E-state index is 8.88. The minimum Gasteiger partial charge on any atom is -0.390 e. The number of aromatic nitrogens is 2. The Kier molecular flexibility index (Phi) is 4.98. The van der Waals surface area contributed by atoms with Gasteiger partial charge in [0.2, 0.25) is 0 Å². The van der Waals surface area contributed by atoms with E-state index in [1.165, 1.54) is 0 Å². The van der Waals surface area contributed by atoms with Gasteiger partial charge in [0.25, 0.3) is 0 Å². The number of hydrogen-bond donors (Lipinski definition) is 1. The van der Waals surface area contributed by atoms with E-state index in [2.05, 4.69) is 24.7 Å². The summed E-state index contributed by atoms with van der Waals surface area (Å²) in [6.07, 6.45) is 0. The first-order valence-corrected chi connectivity index (χ1v) is 9.42. The van der Waals surface area contributed by atoms with Gasteiger partial charge in [0, 0.05) is 20.7 Å². The molecule has 1 aromatic rings. The van der Waals surface area contributed by atoms with Crippen LogP contribution >= 0.6 is 11.6 Å². The molecule has 0 bridgehead atoms. The van der Waals surface area contributed by atoms with E-state index in [1.807, 2.05) is 0 Å². The number of nitrogens with zero attached hydrogens (tertiary/aromatic N) is 2. The van der Waals surface area contributed by atoms with Gasteiger partial charge in [0.05, 0.1) is 12.3 Å². The molecule has 0 atom stereocenters. The Labute approximate surface area is 102 Å². The highest BCUT2D eigenvalue weighted by atomic mass is 35.5. The fourth-order valence-corrected chi connectivity index (χ4v) is 2.11. The molecule has 6 heteroatoms. The number of halogens is 1. The van der Waals surface area contributed by atoms with Crippen LogP contribution in [0.25, 0.3) is 0 Å². The number of rotatable bonds is 6. The van der Waals surface area contributed by atoms with Crippen molar-refractivity contribution in [1.29, 1.82) is 0 Å². The van der Waals surface area contributed by atoms with Crippen LogP contribution in [0.2, 0.25) is 30.8 Å². The molecule has 16 heavy (non-hydrogen) atoms. The van der Waals surface area contributed by atoms with Gasteiger partial charge in [0.1, 0.15) is 11.9 Å². The fraction of sp³-hybridized carbons (Fsp3) is 0.700. The molecule has 1 rings (SSSR count). The third-order valence-corrected chi connectivity index (χ3v) is 4.16. The smallest absolute Gasteiger partial charge is 0.141 e. The lowest BCUT2D eigenvalue weighted by atomic mass is 10.5. The maximum Gasteiger partial charge on any atom is 0.141 e. The molecule has 0 amide bonds. The lowest BCUT2D eigenvalue weighted by Gasteiger charge is -2.15. The molecular formula is C10H19ClN2O2Si. The van der Waals surface area contributed by atoms with Crippen molar-refractivity contribution in [2.24, 2.45) is 0 Å². The highest BCUT2D eigenvalue weighted by Crippen LogP contribution is 2.12. The summed E-state index contributed by atoms with van der Waals surface area (Å²) >= 11 is 5.91. The molecule has 0 aromatic carbocycles. The summed E-state index contributed by atoms with van der Waals surface area (Å²) in [6.45, 7) is 7.91. The minimum atomic E-state index is -1.04. The van der Waals surface area contributed by atoms with Crippen LogP contribution in [0, 0.1) is 0 Å². The molecule has 0 saturated carbocycles. The van der Waals surface area contributed by atoms with Gasteiger partial charge in [0.15, 0.2) is 0 Å². The molecule has 0 aliphatic carbocycles. The molecular weight excluding hydrogens is 244 g/mol. The minimum absolute atomic E-state index is 0.0956. The lowest BCUT2D eigenvalue weighted by Crippen LogP contribution is -2.22. The van der Waals surface area contributed by atoms with Crippen LogP contribution in [0.1, 0.15) is 5.69 Å². The van der Waals surface area contributed by atoms with Crippen LogP contribution < -0.4 is 0 Å². The quantitative estimate of drug-likeness (QED) is 0.632. The van der Waals surface area contributed by atoms with E-state index in [4.69, 9.17) is 21.4 Å². The number of aliphatic hydroxyl groups is 1. The molecule has 1 heterocycles. The Morgan fingerprint density at radius 1 is 1.50 bits per heavy atom. The average molecular weight is 263 g/mol. The second-order valence-corrected chi connectivity index (χ2v) is 11.0. The summed E-state index contributed by atoms with van der Waals surface area (Å²) in [5, 5.41) is 13.5. The first-order valence-electron chi connectivity index (χ1n) is 5.33. The van der Waals surface area contributed by atoms with Crippen molar-refractivity contribution in [1.82, 2.24) is 9.78 Å². The van der Waals surface area contributed by atoms with E-state index in [9.17, 15) is 0 Å². The Morgan fingerprint density at radius 2 is 2.19 bits per heavy atom. The molecule has 1 N–H and O–H groups in total.